The van der Waals surface area contributed by atoms with Crippen molar-refractivity contribution in [3.63, 3.8) is 0 Å². The molecule has 1 amide bonds. The molecule has 0 atom stereocenters. The Morgan fingerprint density at radius 2 is 1.97 bits per heavy atom. The quantitative estimate of drug-likeness (QED) is 0.309. The van der Waals surface area contributed by atoms with E-state index in [1.807, 2.05) is 37.3 Å². The van der Waals surface area contributed by atoms with Gasteiger partial charge in [0, 0.05) is 54.4 Å². The van der Waals surface area contributed by atoms with Gasteiger partial charge in [-0.1, -0.05) is 0 Å². The van der Waals surface area contributed by atoms with Crippen molar-refractivity contribution < 1.29 is 9.90 Å². The minimum absolute atomic E-state index is 0.0910. The summed E-state index contributed by atoms with van der Waals surface area (Å²) in [5, 5.41) is 27.5. The zero-order valence-electron chi connectivity index (χ0n) is 19.0. The number of carbonyl (C=O) groups is 1. The van der Waals surface area contributed by atoms with E-state index in [1.54, 1.807) is 0 Å². The van der Waals surface area contributed by atoms with Crippen LogP contribution in [0.3, 0.4) is 0 Å². The number of aromatic nitrogens is 4. The summed E-state index contributed by atoms with van der Waals surface area (Å²) in [6.45, 7) is 5.04. The first-order valence-corrected chi connectivity index (χ1v) is 12.3. The van der Waals surface area contributed by atoms with Gasteiger partial charge in [0.2, 0.25) is 5.91 Å². The van der Waals surface area contributed by atoms with Gasteiger partial charge in [-0.3, -0.25) is 9.89 Å². The second-order valence-electron chi connectivity index (χ2n) is 8.50. The van der Waals surface area contributed by atoms with Crippen molar-refractivity contribution in [2.75, 3.05) is 41.7 Å². The van der Waals surface area contributed by atoms with Crippen LogP contribution < -0.4 is 20.9 Å². The topological polar surface area (TPSA) is 131 Å². The molecule has 178 valence electrons. The molecule has 5 N–H and O–H groups in total. The van der Waals surface area contributed by atoms with E-state index < -0.39 is 0 Å². The Morgan fingerprint density at radius 1 is 1.21 bits per heavy atom. The van der Waals surface area contributed by atoms with Gasteiger partial charge >= 0.3 is 0 Å². The van der Waals surface area contributed by atoms with E-state index in [1.165, 1.54) is 11.8 Å². The van der Waals surface area contributed by atoms with Crippen LogP contribution in [0.5, 0.6) is 0 Å². The first-order valence-electron chi connectivity index (χ1n) is 11.4. The van der Waals surface area contributed by atoms with Gasteiger partial charge in [0.05, 0.1) is 12.2 Å². The fraction of sp³-hybridized carbons (Fsp3) is 0.391. The number of nitrogens with one attached hydrogen (secondary N) is 4. The number of anilines is 4. The summed E-state index contributed by atoms with van der Waals surface area (Å²) in [7, 11) is 0. The highest BCUT2D eigenvalue weighted by atomic mass is 32.2. The molecule has 2 aliphatic rings. The molecular weight excluding hydrogens is 452 g/mol. The summed E-state index contributed by atoms with van der Waals surface area (Å²) in [6, 6.07) is 9.58. The summed E-state index contributed by atoms with van der Waals surface area (Å²) < 4.78 is 0. The van der Waals surface area contributed by atoms with E-state index in [9.17, 15) is 9.90 Å². The minimum atomic E-state index is -0.189. The fourth-order valence-corrected chi connectivity index (χ4v) is 4.54. The molecule has 0 spiro atoms. The van der Waals surface area contributed by atoms with Crippen LogP contribution in [0.4, 0.5) is 23.1 Å². The molecule has 1 saturated heterocycles. The lowest BCUT2D eigenvalue weighted by Crippen LogP contribution is -2.44. The van der Waals surface area contributed by atoms with Gasteiger partial charge in [-0.2, -0.15) is 5.10 Å². The van der Waals surface area contributed by atoms with Crippen LogP contribution in [0.1, 0.15) is 24.1 Å². The lowest BCUT2D eigenvalue weighted by atomic mass is 10.2. The van der Waals surface area contributed by atoms with Gasteiger partial charge in [-0.05, 0) is 55.8 Å². The Hall–Kier alpha value is -3.15. The van der Waals surface area contributed by atoms with E-state index in [2.05, 4.69) is 31.0 Å². The molecule has 1 saturated carbocycles. The molecule has 0 unspecified atom stereocenters. The molecule has 0 radical (unpaired) electrons. The number of hydrogen-bond donors (Lipinski definition) is 5. The maximum Gasteiger partial charge on any atom is 0.227 e. The second-order valence-corrected chi connectivity index (χ2v) is 9.54. The largest absolute Gasteiger partial charge is 0.391 e. The number of hydrogen-bond acceptors (Lipinski definition) is 9. The normalized spacial score (nSPS) is 15.9. The Labute approximate surface area is 202 Å². The van der Waals surface area contributed by atoms with Crippen LogP contribution in [0.25, 0.3) is 0 Å². The standard InChI is InChI=1S/C23H28N8O2S/c1-14-12-19(30-29-14)26-20-18(13-32)21(31-10-8-24-9-11-31)28-23(27-20)34-17-6-4-16(5-7-17)25-22(33)15-2-3-15/h4-7,12,15,24,32H,2-3,8-11,13H2,1H3,(H,25,33)(H2,26,27,28,29,30). The van der Waals surface area contributed by atoms with E-state index in [4.69, 9.17) is 9.97 Å². The molecule has 0 bridgehead atoms. The summed E-state index contributed by atoms with van der Waals surface area (Å²) in [4.78, 5) is 24.7. The van der Waals surface area contributed by atoms with Crippen molar-refractivity contribution in [1.82, 2.24) is 25.5 Å². The van der Waals surface area contributed by atoms with Crippen LogP contribution >= 0.6 is 11.8 Å². The number of nitrogens with zero attached hydrogens (tertiary/aromatic N) is 4. The summed E-state index contributed by atoms with van der Waals surface area (Å²) >= 11 is 1.43. The van der Waals surface area contributed by atoms with Crippen molar-refractivity contribution in [3.8, 4) is 0 Å². The number of aryl methyl sites for hydroxylation is 1. The van der Waals surface area contributed by atoms with Crippen LogP contribution in [-0.2, 0) is 11.4 Å². The van der Waals surface area contributed by atoms with Crippen LogP contribution in [0, 0.1) is 12.8 Å². The maximum atomic E-state index is 12.0. The van der Waals surface area contributed by atoms with Crippen molar-refractivity contribution >= 4 is 40.8 Å². The van der Waals surface area contributed by atoms with Crippen LogP contribution in [0.2, 0.25) is 0 Å². The molecule has 1 aliphatic carbocycles. The molecule has 2 aromatic heterocycles. The number of carbonyl (C=O) groups excluding carboxylic acids is 1. The van der Waals surface area contributed by atoms with Crippen molar-refractivity contribution in [2.24, 2.45) is 5.92 Å². The van der Waals surface area contributed by atoms with Gasteiger partial charge in [0.1, 0.15) is 11.6 Å². The van der Waals surface area contributed by atoms with Crippen molar-refractivity contribution in [2.45, 2.75) is 36.4 Å². The zero-order chi connectivity index (χ0) is 23.5. The fourth-order valence-electron chi connectivity index (χ4n) is 3.79. The highest BCUT2D eigenvalue weighted by Gasteiger charge is 2.29. The molecule has 11 heteroatoms. The SMILES string of the molecule is Cc1cc(Nc2nc(Sc3ccc(NC(=O)C4CC4)cc3)nc(N3CCNCC3)c2CO)n[nH]1. The van der Waals surface area contributed by atoms with Crippen LogP contribution in [-0.4, -0.2) is 57.4 Å². The van der Waals surface area contributed by atoms with E-state index in [0.717, 1.165) is 61.1 Å². The number of benzene rings is 1. The van der Waals surface area contributed by atoms with Gasteiger partial charge in [0.15, 0.2) is 11.0 Å². The van der Waals surface area contributed by atoms with Crippen LogP contribution in [0.15, 0.2) is 40.4 Å². The number of aromatic amines is 1. The molecule has 1 aliphatic heterocycles. The molecule has 3 heterocycles. The van der Waals surface area contributed by atoms with E-state index >= 15 is 0 Å². The summed E-state index contributed by atoms with van der Waals surface area (Å²) in [6.07, 6.45) is 1.95. The third-order valence-electron chi connectivity index (χ3n) is 5.77. The average molecular weight is 481 g/mol. The molecule has 10 nitrogen and oxygen atoms in total. The highest BCUT2D eigenvalue weighted by molar-refractivity contribution is 7.99. The summed E-state index contributed by atoms with van der Waals surface area (Å²) in [5.74, 6) is 2.15. The minimum Gasteiger partial charge on any atom is -0.391 e. The Balaban J connectivity index is 1.42. The maximum absolute atomic E-state index is 12.0. The second kappa shape index (κ2) is 10.00. The van der Waals surface area contributed by atoms with Gasteiger partial charge in [-0.25, -0.2) is 9.97 Å². The Kier molecular flexibility index (Phi) is 6.66. The molecule has 2 fully saturated rings. The number of amides is 1. The lowest BCUT2D eigenvalue weighted by molar-refractivity contribution is -0.117. The number of aliphatic hydroxyl groups is 1. The van der Waals surface area contributed by atoms with Gasteiger partial charge in [0.25, 0.3) is 0 Å². The first kappa shape index (κ1) is 22.6. The Morgan fingerprint density at radius 3 is 2.62 bits per heavy atom. The predicted molar refractivity (Wildman–Crippen MR) is 132 cm³/mol. The summed E-state index contributed by atoms with van der Waals surface area (Å²) in [5.41, 5.74) is 2.36. The molecule has 5 rings (SSSR count). The van der Waals surface area contributed by atoms with Crippen molar-refractivity contribution in [1.29, 1.82) is 0 Å². The van der Waals surface area contributed by atoms with Gasteiger partial charge in [-0.15, -0.1) is 0 Å². The van der Waals surface area contributed by atoms with Gasteiger partial charge < -0.3 is 26.0 Å². The zero-order valence-corrected chi connectivity index (χ0v) is 19.8. The number of aliphatic hydroxyl groups excluding tert-OH is 1. The van der Waals surface area contributed by atoms with E-state index in [-0.39, 0.29) is 18.4 Å². The lowest BCUT2D eigenvalue weighted by Gasteiger charge is -2.30. The molecule has 3 aromatic rings. The highest BCUT2D eigenvalue weighted by Crippen LogP contribution is 2.34. The number of rotatable bonds is 8. The smallest absolute Gasteiger partial charge is 0.227 e. The third-order valence-corrected chi connectivity index (χ3v) is 6.64. The monoisotopic (exact) mass is 480 g/mol. The number of H-pyrrole nitrogens is 1. The molecule has 34 heavy (non-hydrogen) atoms. The number of piperazine rings is 1. The third kappa shape index (κ3) is 5.32. The predicted octanol–water partition coefficient (Wildman–Crippen LogP) is 2.65. The Bertz CT molecular complexity index is 1160. The van der Waals surface area contributed by atoms with E-state index in [0.29, 0.717) is 22.4 Å². The van der Waals surface area contributed by atoms with Crippen molar-refractivity contribution in [3.05, 3.63) is 41.6 Å². The average Bonchev–Trinajstić information content (AvgIpc) is 3.63. The first-order chi connectivity index (χ1) is 16.6. The molecule has 1 aromatic carbocycles. The molecular formula is C23H28N8O2S.